The molecule has 9 rings (SSSR count). The predicted octanol–water partition coefficient (Wildman–Crippen LogP) is 7.80. The minimum atomic E-state index is -2.09. The van der Waals surface area contributed by atoms with Gasteiger partial charge in [0.25, 0.3) is 0 Å². The first-order valence-electron chi connectivity index (χ1n) is 16.5. The van der Waals surface area contributed by atoms with Crippen LogP contribution in [-0.2, 0) is 20.1 Å². The van der Waals surface area contributed by atoms with Gasteiger partial charge in [0, 0.05) is 48.1 Å². The van der Waals surface area contributed by atoms with Crippen LogP contribution in [0.4, 0.5) is 0 Å². The molecule has 227 valence electrons. The average molecular weight is 786 g/mol. The number of fused-ring (bicyclic) bond motifs is 4. The van der Waals surface area contributed by atoms with E-state index in [1.807, 2.05) is 79.0 Å². The summed E-state index contributed by atoms with van der Waals surface area (Å²) in [5.74, 6) is 3.29. The molecule has 0 saturated heterocycles. The van der Waals surface area contributed by atoms with Crippen LogP contribution in [0.3, 0.4) is 0 Å². The summed E-state index contributed by atoms with van der Waals surface area (Å²) >= 11 is 0. The molecule has 0 saturated carbocycles. The van der Waals surface area contributed by atoms with Crippen molar-refractivity contribution in [3.05, 3.63) is 164 Å². The molecule has 5 aromatic carbocycles. The number of rotatable bonds is 3. The molecule has 4 heterocycles. The number of aryl methyl sites for hydroxylation is 1. The van der Waals surface area contributed by atoms with E-state index in [1.165, 1.54) is 6.20 Å². The third kappa shape index (κ3) is 5.90. The second-order valence-corrected chi connectivity index (χ2v) is 11.0. The number of aromatic nitrogens is 2. The average Bonchev–Trinajstić information content (AvgIpc) is 3.15. The molecule has 0 spiro atoms. The molecule has 47 heavy (non-hydrogen) atoms. The molecule has 2 aliphatic heterocycles. The van der Waals surface area contributed by atoms with E-state index in [-0.39, 0.29) is 32.4 Å². The summed E-state index contributed by atoms with van der Waals surface area (Å²) in [6.45, 7) is -2.05. The monoisotopic (exact) mass is 786 g/mol. The van der Waals surface area contributed by atoms with Gasteiger partial charge in [-0.25, -0.2) is 0 Å². The predicted molar refractivity (Wildman–Crippen MR) is 185 cm³/mol. The molecule has 0 atom stereocenters. The van der Waals surface area contributed by atoms with Crippen molar-refractivity contribution in [3.8, 4) is 56.6 Å². The zero-order valence-corrected chi connectivity index (χ0v) is 27.4. The second-order valence-electron chi connectivity index (χ2n) is 11.0. The first-order chi connectivity index (χ1) is 23.9. The Hall–Kier alpha value is -5.29. The Morgan fingerprint density at radius 1 is 0.617 bits per heavy atom. The van der Waals surface area contributed by atoms with Crippen molar-refractivity contribution in [1.82, 2.24) is 9.97 Å². The molecule has 2 aromatic heterocycles. The van der Waals surface area contributed by atoms with Gasteiger partial charge >= 0.3 is 0 Å². The Balaban J connectivity index is 0.000000196. The van der Waals surface area contributed by atoms with E-state index < -0.39 is 6.85 Å². The molecule has 0 aliphatic carbocycles. The number of pyridine rings is 2. The summed E-state index contributed by atoms with van der Waals surface area (Å²) < 4.78 is 34.5. The van der Waals surface area contributed by atoms with E-state index in [2.05, 4.69) is 59.6 Å². The fraction of sp³-hybridized carbons (Fsp3) is 0.0244. The van der Waals surface area contributed by atoms with E-state index in [0.29, 0.717) is 0 Å². The van der Waals surface area contributed by atoms with Crippen LogP contribution in [0.15, 0.2) is 146 Å². The van der Waals surface area contributed by atoms with Crippen molar-refractivity contribution in [2.45, 2.75) is 6.85 Å². The molecule has 0 fully saturated rings. The molecule has 4 nitrogen and oxygen atoms in total. The maximum Gasteiger partial charge on any atom is 0.239 e. The van der Waals surface area contributed by atoms with Crippen LogP contribution < -0.4 is 25.9 Å². The molecule has 7 aromatic rings. The van der Waals surface area contributed by atoms with E-state index in [0.717, 1.165) is 73.0 Å². The molecule has 0 unspecified atom stereocenters. The van der Waals surface area contributed by atoms with Gasteiger partial charge in [-0.05, 0) is 58.0 Å². The van der Waals surface area contributed by atoms with Gasteiger partial charge in [0.15, 0.2) is 0 Å². The summed E-state index contributed by atoms with van der Waals surface area (Å²) in [5, 5.41) is 0. The second kappa shape index (κ2) is 13.2. The minimum absolute atomic E-state index is 0. The van der Waals surface area contributed by atoms with Crippen LogP contribution in [-0.4, -0.2) is 16.7 Å². The van der Waals surface area contributed by atoms with Crippen LogP contribution in [0, 0.1) is 19.0 Å². The Morgan fingerprint density at radius 2 is 1.32 bits per heavy atom. The Kier molecular flexibility index (Phi) is 7.56. The van der Waals surface area contributed by atoms with Crippen molar-refractivity contribution in [1.29, 1.82) is 0 Å². The standard InChI is InChI=1S/C29H17BNO2.C12H10N.Ir/c1-2-8-19(9-3-1)20-14-16-24(31-18-20)21-15-17-27-28-29(21)33-26-13-7-5-11-23(26)30(28)22-10-4-6-12-25(22)32-27;1-10-7-8-12(13-9-10)11-5-3-2-4-6-11;/h1-14,16-18H;2-5,7-9H,1H3;/q2*-1;/i;1D3;. The van der Waals surface area contributed by atoms with Crippen molar-refractivity contribution in [2.24, 2.45) is 0 Å². The fourth-order valence-corrected chi connectivity index (χ4v) is 5.96. The maximum atomic E-state index is 7.23. The van der Waals surface area contributed by atoms with Crippen LogP contribution in [0.2, 0.25) is 0 Å². The van der Waals surface area contributed by atoms with Crippen LogP contribution in [0.25, 0.3) is 33.6 Å². The summed E-state index contributed by atoms with van der Waals surface area (Å²) in [7, 11) is 0. The van der Waals surface area contributed by atoms with Gasteiger partial charge in [0.2, 0.25) is 6.71 Å². The molecule has 1 radical (unpaired) electrons. The zero-order valence-electron chi connectivity index (χ0n) is 28.0. The Bertz CT molecular complexity index is 2260. The van der Waals surface area contributed by atoms with E-state index in [1.54, 1.807) is 18.2 Å². The number of hydrogen-bond donors (Lipinski definition) is 0. The van der Waals surface area contributed by atoms with Gasteiger partial charge in [-0.3, -0.25) is 0 Å². The summed E-state index contributed by atoms with van der Waals surface area (Å²) in [4.78, 5) is 8.90. The SMILES string of the molecule is [2H]C([2H])([2H])c1ccc(-c2[c-]cccc2)nc1.[Ir].[c-]1cc2c3c(c1-c1ccc(-c4ccccc4)cn1)Oc1ccccc1B3c1ccccc1O2. The normalized spacial score (nSPS) is 12.9. The van der Waals surface area contributed by atoms with E-state index in [4.69, 9.17) is 18.6 Å². The van der Waals surface area contributed by atoms with Crippen molar-refractivity contribution < 1.29 is 33.7 Å². The largest absolute Gasteiger partial charge is 0.503 e. The minimum Gasteiger partial charge on any atom is -0.503 e. The first-order valence-corrected chi connectivity index (χ1v) is 15.0. The van der Waals surface area contributed by atoms with Gasteiger partial charge in [-0.15, -0.1) is 48.0 Å². The smallest absolute Gasteiger partial charge is 0.239 e. The van der Waals surface area contributed by atoms with Gasteiger partial charge in [-0.2, -0.15) is 0 Å². The number of hydrogen-bond acceptors (Lipinski definition) is 4. The number of para-hydroxylation sites is 2. The van der Waals surface area contributed by atoms with E-state index in [9.17, 15) is 0 Å². The maximum absolute atomic E-state index is 7.23. The molecule has 0 bridgehead atoms. The summed E-state index contributed by atoms with van der Waals surface area (Å²) in [6, 6.07) is 49.9. The summed E-state index contributed by atoms with van der Waals surface area (Å²) in [6.07, 6.45) is 3.30. The quantitative estimate of drug-likeness (QED) is 0.136. The molecular weight excluding hydrogens is 755 g/mol. The molecule has 0 N–H and O–H groups in total. The van der Waals surface area contributed by atoms with Crippen molar-refractivity contribution in [2.75, 3.05) is 0 Å². The van der Waals surface area contributed by atoms with Crippen molar-refractivity contribution in [3.63, 3.8) is 0 Å². The van der Waals surface area contributed by atoms with Crippen LogP contribution in [0.1, 0.15) is 9.68 Å². The topological polar surface area (TPSA) is 44.2 Å². The van der Waals surface area contributed by atoms with Gasteiger partial charge < -0.3 is 19.4 Å². The van der Waals surface area contributed by atoms with E-state index >= 15 is 0 Å². The third-order valence-electron chi connectivity index (χ3n) is 8.14. The molecule has 6 heteroatoms. The van der Waals surface area contributed by atoms with Crippen LogP contribution >= 0.6 is 0 Å². The van der Waals surface area contributed by atoms with Crippen molar-refractivity contribution >= 4 is 23.1 Å². The Labute approximate surface area is 292 Å². The fourth-order valence-electron chi connectivity index (χ4n) is 5.96. The number of nitrogens with zero attached hydrogens (tertiary/aromatic N) is 2. The van der Waals surface area contributed by atoms with Gasteiger partial charge in [-0.1, -0.05) is 102 Å². The third-order valence-corrected chi connectivity index (χ3v) is 8.14. The Morgan fingerprint density at radius 3 is 2.00 bits per heavy atom. The molecule has 0 amide bonds. The van der Waals surface area contributed by atoms with Crippen LogP contribution in [0.5, 0.6) is 23.0 Å². The molecule has 2 aliphatic rings. The zero-order chi connectivity index (χ0) is 33.4. The van der Waals surface area contributed by atoms with Gasteiger partial charge in [0.1, 0.15) is 11.5 Å². The summed E-state index contributed by atoms with van der Waals surface area (Å²) in [5.41, 5.74) is 9.06. The number of benzene rings is 5. The molecular formula is C41H27BIrN2O2-2. The van der Waals surface area contributed by atoms with Gasteiger partial charge in [0.05, 0.1) is 0 Å². The first kappa shape index (κ1) is 26.9. The number of ether oxygens (including phenoxy) is 2.